The maximum Gasteiger partial charge on any atom is 0.326 e. The smallest absolute Gasteiger partial charge is 0.326 e. The molecular weight excluding hydrogens is 649 g/mol. The fraction of sp³-hybridized carbons (Fsp3) is 0.622. The molecule has 0 heterocycles. The van der Waals surface area contributed by atoms with Crippen molar-refractivity contribution in [1.29, 1.82) is 0 Å². The van der Waals surface area contributed by atoms with Crippen LogP contribution in [-0.2, 0) is 19.1 Å². The van der Waals surface area contributed by atoms with Crippen LogP contribution in [0.5, 0.6) is 0 Å². The normalized spacial score (nSPS) is 13.6. The molecule has 7 nitrogen and oxygen atoms in total. The van der Waals surface area contributed by atoms with Gasteiger partial charge in [0.2, 0.25) is 5.91 Å². The van der Waals surface area contributed by atoms with E-state index in [1.54, 1.807) is 0 Å². The van der Waals surface area contributed by atoms with Crippen LogP contribution in [-0.4, -0.2) is 41.6 Å². The van der Waals surface area contributed by atoms with E-state index >= 15 is 0 Å². The number of carboxylic acids is 1. The Morgan fingerprint density at radius 2 is 1.13 bits per heavy atom. The van der Waals surface area contributed by atoms with Crippen molar-refractivity contribution in [2.45, 2.75) is 174 Å². The van der Waals surface area contributed by atoms with Gasteiger partial charge in [0.1, 0.15) is 12.1 Å². The van der Waals surface area contributed by atoms with Crippen molar-refractivity contribution < 1.29 is 24.2 Å². The summed E-state index contributed by atoms with van der Waals surface area (Å²) in [6, 6.07) is -0.863. The van der Waals surface area contributed by atoms with Crippen LogP contribution in [0.25, 0.3) is 0 Å². The Balaban J connectivity index is 4.41. The van der Waals surface area contributed by atoms with Gasteiger partial charge in [-0.3, -0.25) is 9.59 Å². The Morgan fingerprint density at radius 1 is 0.596 bits per heavy atom. The number of allylic oxidation sites excluding steroid dienone is 13. The van der Waals surface area contributed by atoms with E-state index in [1.807, 2.05) is 0 Å². The third-order valence-corrected chi connectivity index (χ3v) is 8.43. The fourth-order valence-corrected chi connectivity index (χ4v) is 5.37. The molecule has 1 amide bonds. The topological polar surface area (TPSA) is 119 Å². The quantitative estimate of drug-likeness (QED) is 0.0340. The summed E-state index contributed by atoms with van der Waals surface area (Å²) < 4.78 is 5.89. The summed E-state index contributed by atoms with van der Waals surface area (Å²) in [6.45, 7) is 4.77. The maximum atomic E-state index is 12.7. The van der Waals surface area contributed by atoms with Crippen molar-refractivity contribution in [2.75, 3.05) is 6.54 Å². The van der Waals surface area contributed by atoms with Crippen molar-refractivity contribution >= 4 is 17.8 Å². The number of nitrogens with two attached hydrogens (primary N) is 1. The largest absolute Gasteiger partial charge is 0.480 e. The number of hydrogen-bond acceptors (Lipinski definition) is 5. The maximum absolute atomic E-state index is 12.7. The van der Waals surface area contributed by atoms with Gasteiger partial charge in [-0.15, -0.1) is 0 Å². The van der Waals surface area contributed by atoms with Crippen LogP contribution in [0.15, 0.2) is 85.1 Å². The lowest BCUT2D eigenvalue weighted by Gasteiger charge is -2.15. The molecule has 7 heteroatoms. The minimum atomic E-state index is -1.01. The standard InChI is InChI=1S/C45H74N2O5/c1-3-5-7-9-11-13-14-15-16-17-18-19-20-21-23-29-33-39-44(49)52-41(35-30-26-22-12-10-8-6-4-2)36-31-27-24-25-28-32-38-43(48)47-42(45(50)51)37-34-40-46/h5,7,11-13,15-16,18-19,21-23,30,35,41-42H,3-4,6,8-10,14,17,20,24-29,31-34,36-40,46H2,1-2H3,(H,47,48)(H,50,51)/b7-5-,13-11-,16-15-,19-18-,22-12-,23-21-,35-30-. The van der Waals surface area contributed by atoms with E-state index in [9.17, 15) is 19.5 Å². The van der Waals surface area contributed by atoms with Crippen LogP contribution in [0.1, 0.15) is 162 Å². The van der Waals surface area contributed by atoms with Crippen molar-refractivity contribution in [1.82, 2.24) is 5.32 Å². The van der Waals surface area contributed by atoms with Crippen LogP contribution in [0.4, 0.5) is 0 Å². The molecule has 0 aromatic rings. The highest BCUT2D eigenvalue weighted by Gasteiger charge is 2.18. The lowest BCUT2D eigenvalue weighted by atomic mass is 10.0. The zero-order valence-corrected chi connectivity index (χ0v) is 32.9. The van der Waals surface area contributed by atoms with Gasteiger partial charge in [-0.1, -0.05) is 131 Å². The minimum absolute atomic E-state index is 0.136. The summed E-state index contributed by atoms with van der Waals surface area (Å²) in [5.74, 6) is -1.36. The highest BCUT2D eigenvalue weighted by atomic mass is 16.5. The zero-order valence-electron chi connectivity index (χ0n) is 32.9. The Labute approximate surface area is 317 Å². The molecule has 0 aliphatic heterocycles. The number of carbonyl (C=O) groups is 3. The van der Waals surface area contributed by atoms with Crippen LogP contribution in [0, 0.1) is 0 Å². The van der Waals surface area contributed by atoms with Gasteiger partial charge in [-0.25, -0.2) is 4.79 Å². The first-order chi connectivity index (χ1) is 25.4. The van der Waals surface area contributed by atoms with Crippen molar-refractivity contribution in [3.8, 4) is 0 Å². The molecule has 0 spiro atoms. The summed E-state index contributed by atoms with van der Waals surface area (Å²) in [6.07, 6.45) is 50.7. The number of carbonyl (C=O) groups excluding carboxylic acids is 2. The number of amides is 1. The van der Waals surface area contributed by atoms with Crippen LogP contribution in [0.2, 0.25) is 0 Å². The molecule has 0 saturated heterocycles. The van der Waals surface area contributed by atoms with Crippen molar-refractivity contribution in [2.24, 2.45) is 5.73 Å². The summed E-state index contributed by atoms with van der Waals surface area (Å²) in [5.41, 5.74) is 5.47. The second kappa shape index (κ2) is 38.8. The summed E-state index contributed by atoms with van der Waals surface area (Å²) in [5, 5.41) is 11.9. The van der Waals surface area contributed by atoms with Gasteiger partial charge in [-0.2, -0.15) is 0 Å². The molecule has 2 unspecified atom stereocenters. The Kier molecular flexibility index (Phi) is 36.2. The Hall–Kier alpha value is -3.45. The average Bonchev–Trinajstić information content (AvgIpc) is 3.13. The number of esters is 1. The zero-order chi connectivity index (χ0) is 38.2. The lowest BCUT2D eigenvalue weighted by Crippen LogP contribution is -2.40. The molecule has 0 aliphatic rings. The number of carboxylic acid groups (broad SMARTS) is 1. The highest BCUT2D eigenvalue weighted by molar-refractivity contribution is 5.83. The van der Waals surface area contributed by atoms with E-state index in [1.165, 1.54) is 19.3 Å². The summed E-state index contributed by atoms with van der Waals surface area (Å²) in [4.78, 5) is 36.1. The lowest BCUT2D eigenvalue weighted by molar-refractivity contribution is -0.147. The first kappa shape index (κ1) is 48.5. The van der Waals surface area contributed by atoms with E-state index in [2.05, 4.69) is 104 Å². The molecule has 0 bridgehead atoms. The Bertz CT molecular complexity index is 1090. The highest BCUT2D eigenvalue weighted by Crippen LogP contribution is 2.14. The predicted octanol–water partition coefficient (Wildman–Crippen LogP) is 11.3. The molecule has 2 atom stereocenters. The molecule has 0 radical (unpaired) electrons. The van der Waals surface area contributed by atoms with E-state index in [0.717, 1.165) is 103 Å². The SMILES string of the molecule is CC/C=C\C/C=C\C/C=C\C/C=C\C/C=C\CCCC(=O)OC(/C=C\C/C=C\CCCCC)CCCCCCCCC(=O)NC(CCCN)C(=O)O. The molecule has 0 aromatic carbocycles. The van der Waals surface area contributed by atoms with Gasteiger partial charge in [0, 0.05) is 12.8 Å². The first-order valence-electron chi connectivity index (χ1n) is 20.4. The average molecular weight is 723 g/mol. The minimum Gasteiger partial charge on any atom is -0.480 e. The molecule has 0 aliphatic carbocycles. The second-order valence-electron chi connectivity index (χ2n) is 13.3. The monoisotopic (exact) mass is 723 g/mol. The number of rotatable bonds is 35. The van der Waals surface area contributed by atoms with E-state index < -0.39 is 12.0 Å². The molecule has 294 valence electrons. The number of nitrogens with one attached hydrogen (secondary N) is 1. The molecule has 0 fully saturated rings. The summed E-state index contributed by atoms with van der Waals surface area (Å²) >= 11 is 0. The van der Waals surface area contributed by atoms with E-state index in [4.69, 9.17) is 10.5 Å². The van der Waals surface area contributed by atoms with Crippen LogP contribution in [0.3, 0.4) is 0 Å². The van der Waals surface area contributed by atoms with Gasteiger partial charge in [0.05, 0.1) is 0 Å². The fourth-order valence-electron chi connectivity index (χ4n) is 5.37. The van der Waals surface area contributed by atoms with Gasteiger partial charge in [0.15, 0.2) is 0 Å². The van der Waals surface area contributed by atoms with Gasteiger partial charge >= 0.3 is 11.9 Å². The molecule has 0 aromatic heterocycles. The number of aliphatic carboxylic acids is 1. The first-order valence-corrected chi connectivity index (χ1v) is 20.4. The van der Waals surface area contributed by atoms with Crippen molar-refractivity contribution in [3.05, 3.63) is 85.1 Å². The van der Waals surface area contributed by atoms with Gasteiger partial charge in [0.25, 0.3) is 0 Å². The van der Waals surface area contributed by atoms with Gasteiger partial charge < -0.3 is 20.9 Å². The van der Waals surface area contributed by atoms with E-state index in [0.29, 0.717) is 32.2 Å². The molecule has 4 N–H and O–H groups in total. The van der Waals surface area contributed by atoms with E-state index in [-0.39, 0.29) is 18.0 Å². The number of unbranched alkanes of at least 4 members (excludes halogenated alkanes) is 9. The third kappa shape index (κ3) is 35.0. The van der Waals surface area contributed by atoms with Crippen LogP contribution >= 0.6 is 0 Å². The molecular formula is C45H74N2O5. The molecule has 52 heavy (non-hydrogen) atoms. The van der Waals surface area contributed by atoms with Crippen molar-refractivity contribution in [3.63, 3.8) is 0 Å². The molecule has 0 rings (SSSR count). The van der Waals surface area contributed by atoms with Crippen LogP contribution < -0.4 is 11.1 Å². The predicted molar refractivity (Wildman–Crippen MR) is 220 cm³/mol. The third-order valence-electron chi connectivity index (χ3n) is 8.43. The Morgan fingerprint density at radius 3 is 1.71 bits per heavy atom. The summed E-state index contributed by atoms with van der Waals surface area (Å²) in [7, 11) is 0. The number of hydrogen-bond donors (Lipinski definition) is 3. The number of ether oxygens (including phenoxy) is 1. The van der Waals surface area contributed by atoms with Gasteiger partial charge in [-0.05, 0) is 109 Å². The second-order valence-corrected chi connectivity index (χ2v) is 13.3. The molecule has 0 saturated carbocycles.